The van der Waals surface area contributed by atoms with Crippen molar-refractivity contribution in [1.29, 1.82) is 0 Å². The van der Waals surface area contributed by atoms with Crippen LogP contribution in [0.3, 0.4) is 0 Å². The molecule has 0 radical (unpaired) electrons. The van der Waals surface area contributed by atoms with Crippen LogP contribution in [0.5, 0.6) is 0 Å². The molecule has 1 aliphatic heterocycles. The van der Waals surface area contributed by atoms with Crippen molar-refractivity contribution < 1.29 is 0 Å². The monoisotopic (exact) mass is 250 g/mol. The minimum atomic E-state index is 0.503. The number of nitrogens with zero attached hydrogens (tertiary/aromatic N) is 1. The molecule has 2 aliphatic carbocycles. The van der Waals surface area contributed by atoms with E-state index in [9.17, 15) is 0 Å². The summed E-state index contributed by atoms with van der Waals surface area (Å²) in [6.07, 6.45) is 7.10. The molecular formula is C16H30N2. The molecule has 0 aromatic rings. The van der Waals surface area contributed by atoms with Crippen LogP contribution in [-0.2, 0) is 0 Å². The molecule has 0 aromatic heterocycles. The molecule has 1 N–H and O–H groups in total. The topological polar surface area (TPSA) is 15.3 Å². The number of rotatable bonds is 2. The number of likely N-dealkylation sites (N-methyl/N-ethyl adjacent to an activating group) is 1. The first-order valence-corrected chi connectivity index (χ1v) is 7.86. The molecule has 104 valence electrons. The molecule has 18 heavy (non-hydrogen) atoms. The van der Waals surface area contributed by atoms with E-state index >= 15 is 0 Å². The van der Waals surface area contributed by atoms with Gasteiger partial charge in [0.2, 0.25) is 0 Å². The average molecular weight is 250 g/mol. The van der Waals surface area contributed by atoms with Crippen molar-refractivity contribution in [3.8, 4) is 0 Å². The van der Waals surface area contributed by atoms with Crippen molar-refractivity contribution in [2.24, 2.45) is 16.7 Å². The Balaban J connectivity index is 1.71. The molecule has 2 nitrogen and oxygen atoms in total. The summed E-state index contributed by atoms with van der Waals surface area (Å²) in [6.45, 7) is 10.1. The maximum Gasteiger partial charge on any atom is 0.0198 e. The second kappa shape index (κ2) is 4.21. The third-order valence-corrected chi connectivity index (χ3v) is 6.30. The Morgan fingerprint density at radius 3 is 2.56 bits per heavy atom. The number of fused-ring (bicyclic) bond motifs is 2. The molecule has 2 bridgehead atoms. The van der Waals surface area contributed by atoms with E-state index in [4.69, 9.17) is 0 Å². The first-order chi connectivity index (χ1) is 8.42. The third kappa shape index (κ3) is 1.92. The predicted octanol–water partition coefficient (Wildman–Crippen LogP) is 2.89. The number of piperidine rings is 1. The van der Waals surface area contributed by atoms with E-state index in [1.54, 1.807) is 0 Å². The molecule has 1 heterocycles. The Hall–Kier alpha value is -0.0800. The number of likely N-dealkylation sites (tertiary alicyclic amines) is 1. The van der Waals surface area contributed by atoms with E-state index in [0.29, 0.717) is 10.8 Å². The van der Waals surface area contributed by atoms with Crippen LogP contribution in [-0.4, -0.2) is 37.1 Å². The van der Waals surface area contributed by atoms with Crippen LogP contribution in [0, 0.1) is 16.7 Å². The summed E-state index contributed by atoms with van der Waals surface area (Å²) in [6, 6.07) is 1.46. The van der Waals surface area contributed by atoms with Gasteiger partial charge in [0.25, 0.3) is 0 Å². The summed E-state index contributed by atoms with van der Waals surface area (Å²) in [5.41, 5.74) is 1.08. The lowest BCUT2D eigenvalue weighted by Gasteiger charge is -2.46. The molecule has 3 aliphatic rings. The molecule has 4 atom stereocenters. The lowest BCUT2D eigenvalue weighted by molar-refractivity contribution is 0.0840. The van der Waals surface area contributed by atoms with Gasteiger partial charge in [-0.05, 0) is 62.4 Å². The maximum absolute atomic E-state index is 4.07. The third-order valence-electron chi connectivity index (χ3n) is 6.30. The van der Waals surface area contributed by atoms with Gasteiger partial charge in [-0.15, -0.1) is 0 Å². The molecular weight excluding hydrogens is 220 g/mol. The maximum atomic E-state index is 4.07. The fraction of sp³-hybridized carbons (Fsp3) is 1.00. The Morgan fingerprint density at radius 1 is 1.17 bits per heavy atom. The minimum Gasteiger partial charge on any atom is -0.309 e. The summed E-state index contributed by atoms with van der Waals surface area (Å²) >= 11 is 0. The van der Waals surface area contributed by atoms with Crippen LogP contribution in [0.1, 0.15) is 52.9 Å². The first-order valence-electron chi connectivity index (χ1n) is 7.86. The van der Waals surface area contributed by atoms with Crippen LogP contribution >= 0.6 is 0 Å². The molecule has 3 rings (SSSR count). The number of hydrogen-bond donors (Lipinski definition) is 1. The number of nitrogens with one attached hydrogen (secondary N) is 1. The quantitative estimate of drug-likeness (QED) is 0.811. The first kappa shape index (κ1) is 12.9. The fourth-order valence-electron chi connectivity index (χ4n) is 5.26. The Kier molecular flexibility index (Phi) is 3.02. The Labute approximate surface area is 113 Å². The summed E-state index contributed by atoms with van der Waals surface area (Å²) < 4.78 is 0. The lowest BCUT2D eigenvalue weighted by atomic mass is 9.68. The van der Waals surface area contributed by atoms with Gasteiger partial charge in [-0.3, -0.25) is 0 Å². The van der Waals surface area contributed by atoms with Crippen LogP contribution in [0.4, 0.5) is 0 Å². The van der Waals surface area contributed by atoms with Crippen molar-refractivity contribution in [1.82, 2.24) is 10.2 Å². The molecule has 0 spiro atoms. The molecule has 3 fully saturated rings. The van der Waals surface area contributed by atoms with Gasteiger partial charge >= 0.3 is 0 Å². The lowest BCUT2D eigenvalue weighted by Crippen LogP contribution is -2.57. The van der Waals surface area contributed by atoms with Gasteiger partial charge in [0.15, 0.2) is 0 Å². The fourth-order valence-corrected chi connectivity index (χ4v) is 5.26. The van der Waals surface area contributed by atoms with Crippen LogP contribution in [0.2, 0.25) is 0 Å². The zero-order valence-electron chi connectivity index (χ0n) is 12.6. The van der Waals surface area contributed by atoms with Gasteiger partial charge in [0.05, 0.1) is 0 Å². The van der Waals surface area contributed by atoms with Crippen molar-refractivity contribution in [3.05, 3.63) is 0 Å². The van der Waals surface area contributed by atoms with Gasteiger partial charge < -0.3 is 10.2 Å². The standard InChI is InChI=1S/C16H30N2/c1-15(2)12-7-8-16(3,10-12)14(15)17-13-6-5-9-18(4)11-13/h12-14,17H,5-11H2,1-4H3/t12-,13?,14?,16+/m0/s1. The zero-order chi connectivity index (χ0) is 13.0. The highest BCUT2D eigenvalue weighted by Gasteiger charge is 2.59. The van der Waals surface area contributed by atoms with Gasteiger partial charge in [-0.25, -0.2) is 0 Å². The molecule has 2 unspecified atom stereocenters. The molecule has 0 aromatic carbocycles. The molecule has 0 amide bonds. The molecule has 1 saturated heterocycles. The average Bonchev–Trinajstić information content (AvgIpc) is 2.76. The van der Waals surface area contributed by atoms with Crippen molar-refractivity contribution in [2.45, 2.75) is 65.0 Å². The SMILES string of the molecule is CN1CCCC(NC2C(C)(C)[C@H]3CC[C@]2(C)C3)C1. The molecule has 2 heteroatoms. The van der Waals surface area contributed by atoms with E-state index in [1.165, 1.54) is 45.2 Å². The predicted molar refractivity (Wildman–Crippen MR) is 76.7 cm³/mol. The van der Waals surface area contributed by atoms with E-state index in [1.807, 2.05) is 0 Å². The highest BCUT2D eigenvalue weighted by atomic mass is 15.2. The summed E-state index contributed by atoms with van der Waals surface area (Å²) in [5, 5.41) is 4.07. The Morgan fingerprint density at radius 2 is 1.94 bits per heavy atom. The molecule has 2 saturated carbocycles. The summed E-state index contributed by atoms with van der Waals surface area (Å²) in [4.78, 5) is 2.49. The van der Waals surface area contributed by atoms with Crippen LogP contribution < -0.4 is 5.32 Å². The highest BCUT2D eigenvalue weighted by Crippen LogP contribution is 2.62. The second-order valence-corrected chi connectivity index (χ2v) is 8.12. The smallest absolute Gasteiger partial charge is 0.0198 e. The van der Waals surface area contributed by atoms with Gasteiger partial charge in [-0.2, -0.15) is 0 Å². The summed E-state index contributed by atoms with van der Waals surface area (Å²) in [7, 11) is 2.27. The number of hydrogen-bond acceptors (Lipinski definition) is 2. The van der Waals surface area contributed by atoms with Crippen molar-refractivity contribution >= 4 is 0 Å². The second-order valence-electron chi connectivity index (χ2n) is 8.12. The highest BCUT2D eigenvalue weighted by molar-refractivity contribution is 5.12. The van der Waals surface area contributed by atoms with E-state index in [0.717, 1.165) is 18.0 Å². The minimum absolute atomic E-state index is 0.503. The van der Waals surface area contributed by atoms with Crippen molar-refractivity contribution in [3.63, 3.8) is 0 Å². The van der Waals surface area contributed by atoms with Gasteiger partial charge in [0.1, 0.15) is 0 Å². The van der Waals surface area contributed by atoms with Crippen LogP contribution in [0.25, 0.3) is 0 Å². The van der Waals surface area contributed by atoms with E-state index in [-0.39, 0.29) is 0 Å². The van der Waals surface area contributed by atoms with Crippen LogP contribution in [0.15, 0.2) is 0 Å². The largest absolute Gasteiger partial charge is 0.309 e. The van der Waals surface area contributed by atoms with Crippen molar-refractivity contribution in [2.75, 3.05) is 20.1 Å². The van der Waals surface area contributed by atoms with Gasteiger partial charge in [-0.1, -0.05) is 20.8 Å². The summed E-state index contributed by atoms with van der Waals surface area (Å²) in [5.74, 6) is 0.960. The van der Waals surface area contributed by atoms with E-state index in [2.05, 4.69) is 38.0 Å². The van der Waals surface area contributed by atoms with E-state index < -0.39 is 0 Å². The normalized spacial score (nSPS) is 47.7. The van der Waals surface area contributed by atoms with Gasteiger partial charge in [0, 0.05) is 18.6 Å². The zero-order valence-corrected chi connectivity index (χ0v) is 12.6. The Bertz CT molecular complexity index is 320.